The molecule has 0 saturated heterocycles. The summed E-state index contributed by atoms with van der Waals surface area (Å²) in [7, 11) is 0. The van der Waals surface area contributed by atoms with Crippen LogP contribution in [0.3, 0.4) is 0 Å². The lowest BCUT2D eigenvalue weighted by Crippen LogP contribution is -2.40. The third-order valence-corrected chi connectivity index (χ3v) is 2.50. The highest BCUT2D eigenvalue weighted by Crippen LogP contribution is 2.19. The van der Waals surface area contributed by atoms with Crippen molar-refractivity contribution in [2.75, 3.05) is 19.7 Å². The molecule has 0 atom stereocenters. The lowest BCUT2D eigenvalue weighted by Gasteiger charge is -2.23. The fraction of sp³-hybridized carbons (Fsp3) is 0.500. The van der Waals surface area contributed by atoms with Crippen LogP contribution in [0.1, 0.15) is 24.2 Å². The van der Waals surface area contributed by atoms with Gasteiger partial charge in [-0.15, -0.1) is 0 Å². The van der Waals surface area contributed by atoms with Crippen LogP contribution in [0.5, 0.6) is 5.75 Å². The molecule has 0 aromatic heterocycles. The molecular formula is C14H18F3NO3. The van der Waals surface area contributed by atoms with Gasteiger partial charge in [0.2, 0.25) is 0 Å². The molecule has 0 spiro atoms. The van der Waals surface area contributed by atoms with Crippen molar-refractivity contribution in [1.29, 1.82) is 0 Å². The topological polar surface area (TPSA) is 49.8 Å². The summed E-state index contributed by atoms with van der Waals surface area (Å²) in [6, 6.07) is 5.86. The Bertz CT molecular complexity index is 458. The minimum Gasteiger partial charge on any atom is -0.491 e. The molecule has 0 aliphatic carbocycles. The average Bonchev–Trinajstić information content (AvgIpc) is 2.36. The Kier molecular flexibility index (Phi) is 6.02. The third kappa shape index (κ3) is 6.03. The number of aliphatic hydroxyl groups is 1. The van der Waals surface area contributed by atoms with Crippen LogP contribution in [0.15, 0.2) is 24.3 Å². The summed E-state index contributed by atoms with van der Waals surface area (Å²) in [5.41, 5.74) is 0.115. The van der Waals surface area contributed by atoms with E-state index in [0.29, 0.717) is 10.6 Å². The number of rotatable bonds is 6. The summed E-state index contributed by atoms with van der Waals surface area (Å²) in [5, 5.41) is 8.79. The van der Waals surface area contributed by atoms with Gasteiger partial charge in [-0.1, -0.05) is 0 Å². The van der Waals surface area contributed by atoms with E-state index in [9.17, 15) is 18.0 Å². The molecule has 118 valence electrons. The Morgan fingerprint density at radius 3 is 2.29 bits per heavy atom. The number of carbonyl (C=O) groups is 1. The van der Waals surface area contributed by atoms with Crippen LogP contribution in [0.25, 0.3) is 0 Å². The van der Waals surface area contributed by atoms with Gasteiger partial charge >= 0.3 is 6.18 Å². The van der Waals surface area contributed by atoms with Gasteiger partial charge in [-0.3, -0.25) is 4.79 Å². The number of benzene rings is 1. The zero-order valence-corrected chi connectivity index (χ0v) is 11.9. The summed E-state index contributed by atoms with van der Waals surface area (Å²) in [6.45, 7) is 1.38. The number of nitrogens with zero attached hydrogens (tertiary/aromatic N) is 1. The van der Waals surface area contributed by atoms with Gasteiger partial charge in [-0.2, -0.15) is 13.2 Å². The van der Waals surface area contributed by atoms with Crippen LogP contribution >= 0.6 is 0 Å². The Balaban J connectivity index is 2.83. The van der Waals surface area contributed by atoms with Crippen molar-refractivity contribution in [3.8, 4) is 5.75 Å². The van der Waals surface area contributed by atoms with Gasteiger partial charge in [0.05, 0.1) is 12.7 Å². The van der Waals surface area contributed by atoms with Crippen LogP contribution < -0.4 is 4.74 Å². The lowest BCUT2D eigenvalue weighted by atomic mass is 10.2. The molecule has 21 heavy (non-hydrogen) atoms. The summed E-state index contributed by atoms with van der Waals surface area (Å²) in [6.07, 6.45) is -4.55. The van der Waals surface area contributed by atoms with Crippen LogP contribution in [-0.4, -0.2) is 47.9 Å². The van der Waals surface area contributed by atoms with E-state index in [2.05, 4.69) is 0 Å². The highest BCUT2D eigenvalue weighted by Gasteiger charge is 2.33. The number of ether oxygens (including phenoxy) is 1. The first-order chi connectivity index (χ1) is 9.73. The maximum atomic E-state index is 12.4. The molecule has 1 amide bonds. The number of alkyl halides is 3. The first kappa shape index (κ1) is 17.3. The third-order valence-electron chi connectivity index (χ3n) is 2.50. The highest BCUT2D eigenvalue weighted by atomic mass is 19.4. The molecule has 0 unspecified atom stereocenters. The van der Waals surface area contributed by atoms with Crippen LogP contribution in [0, 0.1) is 0 Å². The molecule has 0 bridgehead atoms. The van der Waals surface area contributed by atoms with E-state index in [0.717, 1.165) is 0 Å². The Hall–Kier alpha value is -1.76. The van der Waals surface area contributed by atoms with Gasteiger partial charge in [0.25, 0.3) is 5.91 Å². The van der Waals surface area contributed by atoms with Crippen LogP contribution in [0.4, 0.5) is 13.2 Å². The first-order valence-corrected chi connectivity index (χ1v) is 6.46. The maximum absolute atomic E-state index is 12.4. The molecule has 0 aliphatic heterocycles. The van der Waals surface area contributed by atoms with E-state index >= 15 is 0 Å². The van der Waals surface area contributed by atoms with Crippen LogP contribution in [0.2, 0.25) is 0 Å². The van der Waals surface area contributed by atoms with Crippen molar-refractivity contribution in [2.45, 2.75) is 26.1 Å². The predicted octanol–water partition coefficient (Wildman–Crippen LogP) is 2.47. The molecule has 0 aliphatic rings. The Morgan fingerprint density at radius 2 is 1.86 bits per heavy atom. The van der Waals surface area contributed by atoms with Crippen molar-refractivity contribution in [1.82, 2.24) is 4.90 Å². The van der Waals surface area contributed by atoms with Crippen molar-refractivity contribution in [3.05, 3.63) is 29.8 Å². The fourth-order valence-electron chi connectivity index (χ4n) is 1.72. The SMILES string of the molecule is CC(C)Oc1ccc(C(=O)N(CCO)CC(F)(F)F)cc1. The summed E-state index contributed by atoms with van der Waals surface area (Å²) >= 11 is 0. The zero-order valence-electron chi connectivity index (χ0n) is 11.9. The van der Waals surface area contributed by atoms with E-state index < -0.39 is 25.2 Å². The van der Waals surface area contributed by atoms with E-state index in [4.69, 9.17) is 9.84 Å². The molecule has 0 radical (unpaired) electrons. The molecule has 1 aromatic rings. The standard InChI is InChI=1S/C14H18F3NO3/c1-10(2)21-12-5-3-11(4-6-12)13(20)18(7-8-19)9-14(15,16)17/h3-6,10,19H,7-9H2,1-2H3. The summed E-state index contributed by atoms with van der Waals surface area (Å²) < 4.78 is 42.6. The maximum Gasteiger partial charge on any atom is 0.406 e. The Labute approximate surface area is 121 Å². The molecule has 0 saturated carbocycles. The molecule has 0 heterocycles. The first-order valence-electron chi connectivity index (χ1n) is 6.46. The molecule has 0 fully saturated rings. The smallest absolute Gasteiger partial charge is 0.406 e. The minimum atomic E-state index is -4.51. The molecule has 1 N–H and O–H groups in total. The molecular weight excluding hydrogens is 287 g/mol. The highest BCUT2D eigenvalue weighted by molar-refractivity contribution is 5.94. The van der Waals surface area contributed by atoms with Gasteiger partial charge < -0.3 is 14.7 Å². The van der Waals surface area contributed by atoms with Crippen molar-refractivity contribution >= 4 is 5.91 Å². The van der Waals surface area contributed by atoms with Crippen molar-refractivity contribution in [2.24, 2.45) is 0 Å². The molecule has 7 heteroatoms. The predicted molar refractivity (Wildman–Crippen MR) is 71.3 cm³/mol. The monoisotopic (exact) mass is 305 g/mol. The van der Waals surface area contributed by atoms with E-state index in [1.807, 2.05) is 13.8 Å². The molecule has 1 rings (SSSR count). The summed E-state index contributed by atoms with van der Waals surface area (Å²) in [5.74, 6) is -0.247. The van der Waals surface area contributed by atoms with E-state index in [-0.39, 0.29) is 18.2 Å². The average molecular weight is 305 g/mol. The fourth-order valence-corrected chi connectivity index (χ4v) is 1.72. The lowest BCUT2D eigenvalue weighted by molar-refractivity contribution is -0.141. The minimum absolute atomic E-state index is 0.0392. The van der Waals surface area contributed by atoms with Gasteiger partial charge in [0.1, 0.15) is 12.3 Å². The van der Waals surface area contributed by atoms with Gasteiger partial charge in [-0.25, -0.2) is 0 Å². The normalized spacial score (nSPS) is 11.6. The number of carbonyl (C=O) groups excluding carboxylic acids is 1. The van der Waals surface area contributed by atoms with Crippen molar-refractivity contribution in [3.63, 3.8) is 0 Å². The number of amides is 1. The van der Waals surface area contributed by atoms with Gasteiger partial charge in [-0.05, 0) is 38.1 Å². The number of hydrogen-bond acceptors (Lipinski definition) is 3. The van der Waals surface area contributed by atoms with E-state index in [1.165, 1.54) is 24.3 Å². The second-order valence-electron chi connectivity index (χ2n) is 4.76. The Morgan fingerprint density at radius 1 is 1.29 bits per heavy atom. The second kappa shape index (κ2) is 7.31. The number of halogens is 3. The van der Waals surface area contributed by atoms with Gasteiger partial charge in [0, 0.05) is 12.1 Å². The molecule has 1 aromatic carbocycles. The zero-order chi connectivity index (χ0) is 16.0. The quantitative estimate of drug-likeness (QED) is 0.878. The van der Waals surface area contributed by atoms with Gasteiger partial charge in [0.15, 0.2) is 0 Å². The van der Waals surface area contributed by atoms with Crippen LogP contribution in [-0.2, 0) is 0 Å². The van der Waals surface area contributed by atoms with E-state index in [1.54, 1.807) is 0 Å². The van der Waals surface area contributed by atoms with Crippen molar-refractivity contribution < 1.29 is 27.8 Å². The second-order valence-corrected chi connectivity index (χ2v) is 4.76. The largest absolute Gasteiger partial charge is 0.491 e. The summed E-state index contributed by atoms with van der Waals surface area (Å²) in [4.78, 5) is 12.6. The number of hydrogen-bond donors (Lipinski definition) is 1. The number of aliphatic hydroxyl groups excluding tert-OH is 1. The molecule has 4 nitrogen and oxygen atoms in total.